The van der Waals surface area contributed by atoms with E-state index >= 15 is 0 Å². The molecule has 2 bridgehead atoms. The number of benzene rings is 1. The first-order chi connectivity index (χ1) is 12.0. The first-order valence-corrected chi connectivity index (χ1v) is 9.14. The number of fused-ring (bicyclic) bond motifs is 3. The molecule has 2 aliphatic carbocycles. The van der Waals surface area contributed by atoms with Crippen LogP contribution in [0.3, 0.4) is 0 Å². The largest absolute Gasteiger partial charge is 0.363 e. The van der Waals surface area contributed by atoms with Gasteiger partial charge in [0, 0.05) is 32.1 Å². The van der Waals surface area contributed by atoms with Crippen molar-refractivity contribution in [1.29, 1.82) is 0 Å². The van der Waals surface area contributed by atoms with Crippen molar-refractivity contribution < 1.29 is 4.79 Å². The molecule has 132 valence electrons. The molecule has 25 heavy (non-hydrogen) atoms. The van der Waals surface area contributed by atoms with Crippen LogP contribution < -0.4 is 16.0 Å². The Morgan fingerprint density at radius 3 is 2.76 bits per heavy atom. The highest BCUT2D eigenvalue weighted by Gasteiger charge is 2.48. The summed E-state index contributed by atoms with van der Waals surface area (Å²) < 4.78 is 0. The molecule has 1 aromatic carbocycles. The second-order valence-electron chi connectivity index (χ2n) is 7.71. The van der Waals surface area contributed by atoms with E-state index in [4.69, 9.17) is 5.73 Å². The third kappa shape index (κ3) is 2.86. The van der Waals surface area contributed by atoms with E-state index in [0.29, 0.717) is 18.4 Å². The zero-order valence-electron chi connectivity index (χ0n) is 14.9. The van der Waals surface area contributed by atoms with Gasteiger partial charge in [-0.2, -0.15) is 0 Å². The van der Waals surface area contributed by atoms with Crippen LogP contribution in [0.25, 0.3) is 10.9 Å². The van der Waals surface area contributed by atoms with E-state index in [9.17, 15) is 4.79 Å². The number of pyridine rings is 1. The molecule has 5 nitrogen and oxygen atoms in total. The molecule has 0 saturated heterocycles. The highest BCUT2D eigenvalue weighted by atomic mass is 16.1. The summed E-state index contributed by atoms with van der Waals surface area (Å²) in [5.41, 5.74) is 8.36. The molecule has 1 heterocycles. The van der Waals surface area contributed by atoms with E-state index in [1.54, 1.807) is 0 Å². The number of carbonyl (C=O) groups excluding carboxylic acids is 1. The van der Waals surface area contributed by atoms with Gasteiger partial charge < -0.3 is 16.0 Å². The van der Waals surface area contributed by atoms with Gasteiger partial charge in [0.1, 0.15) is 5.82 Å². The first kappa shape index (κ1) is 16.3. The quantitative estimate of drug-likeness (QED) is 0.897. The lowest BCUT2D eigenvalue weighted by atomic mass is 9.84. The summed E-state index contributed by atoms with van der Waals surface area (Å²) in [6, 6.07) is 10.2. The van der Waals surface area contributed by atoms with E-state index in [-0.39, 0.29) is 17.9 Å². The van der Waals surface area contributed by atoms with Crippen LogP contribution >= 0.6 is 0 Å². The predicted molar refractivity (Wildman–Crippen MR) is 100 cm³/mol. The number of carbonyl (C=O) groups is 1. The second-order valence-corrected chi connectivity index (χ2v) is 7.71. The monoisotopic (exact) mass is 338 g/mol. The van der Waals surface area contributed by atoms with Crippen LogP contribution in [0.4, 0.5) is 5.82 Å². The van der Waals surface area contributed by atoms with Crippen LogP contribution in [0.1, 0.15) is 24.8 Å². The van der Waals surface area contributed by atoms with Crippen molar-refractivity contribution in [2.75, 3.05) is 19.0 Å². The second kappa shape index (κ2) is 6.30. The Morgan fingerprint density at radius 2 is 2.04 bits per heavy atom. The Labute approximate surface area is 148 Å². The van der Waals surface area contributed by atoms with Crippen molar-refractivity contribution >= 4 is 22.6 Å². The Kier molecular flexibility index (Phi) is 4.12. The summed E-state index contributed by atoms with van der Waals surface area (Å²) in [5, 5.41) is 4.24. The number of aromatic nitrogens is 1. The van der Waals surface area contributed by atoms with Crippen molar-refractivity contribution in [3.05, 3.63) is 35.9 Å². The van der Waals surface area contributed by atoms with Crippen LogP contribution in [0, 0.1) is 17.8 Å². The molecule has 0 radical (unpaired) electrons. The number of hydrogen-bond donors (Lipinski definition) is 2. The van der Waals surface area contributed by atoms with Gasteiger partial charge in [0.25, 0.3) is 0 Å². The Hall–Kier alpha value is -2.14. The van der Waals surface area contributed by atoms with Crippen molar-refractivity contribution in [2.45, 2.75) is 31.8 Å². The number of nitrogens with two attached hydrogens (primary N) is 1. The van der Waals surface area contributed by atoms with E-state index in [1.165, 1.54) is 6.42 Å². The Bertz CT molecular complexity index is 801. The standard InChI is InChI=1S/C20H26N4O/c1-24(2)17-10-14(15-5-3-4-6-16(15)23-17)11-22-20(25)18-12-7-8-13(9-12)19(18)21/h3-6,10,12-13,18-19H,7-9,11,21H2,1-2H3,(H,22,25). The van der Waals surface area contributed by atoms with Gasteiger partial charge in [-0.3, -0.25) is 4.79 Å². The highest BCUT2D eigenvalue weighted by molar-refractivity contribution is 5.85. The average molecular weight is 338 g/mol. The lowest BCUT2D eigenvalue weighted by molar-refractivity contribution is -0.127. The van der Waals surface area contributed by atoms with Crippen LogP contribution in [-0.2, 0) is 11.3 Å². The van der Waals surface area contributed by atoms with E-state index in [1.807, 2.05) is 37.2 Å². The summed E-state index contributed by atoms with van der Waals surface area (Å²) in [6.07, 6.45) is 3.47. The minimum atomic E-state index is -0.0137. The van der Waals surface area contributed by atoms with Crippen LogP contribution in [-0.4, -0.2) is 31.0 Å². The lowest BCUT2D eigenvalue weighted by Gasteiger charge is -2.27. The van der Waals surface area contributed by atoms with E-state index in [0.717, 1.165) is 35.1 Å². The number of amides is 1. The van der Waals surface area contributed by atoms with Gasteiger partial charge >= 0.3 is 0 Å². The predicted octanol–water partition coefficient (Wildman–Crippen LogP) is 2.29. The van der Waals surface area contributed by atoms with E-state index in [2.05, 4.69) is 22.4 Å². The number of para-hydroxylation sites is 1. The fourth-order valence-corrected chi connectivity index (χ4v) is 4.63. The zero-order chi connectivity index (χ0) is 17.6. The number of hydrogen-bond acceptors (Lipinski definition) is 4. The molecule has 0 aliphatic heterocycles. The summed E-state index contributed by atoms with van der Waals surface area (Å²) in [5.74, 6) is 2.03. The molecule has 2 fully saturated rings. The van der Waals surface area contributed by atoms with Crippen LogP contribution in [0.2, 0.25) is 0 Å². The van der Waals surface area contributed by atoms with Gasteiger partial charge in [-0.1, -0.05) is 18.2 Å². The molecule has 2 aliphatic rings. The van der Waals surface area contributed by atoms with Crippen LogP contribution in [0.15, 0.2) is 30.3 Å². The number of anilines is 1. The molecular formula is C20H26N4O. The third-order valence-corrected chi connectivity index (χ3v) is 5.98. The van der Waals surface area contributed by atoms with Gasteiger partial charge in [0.15, 0.2) is 0 Å². The number of rotatable bonds is 4. The fourth-order valence-electron chi connectivity index (χ4n) is 4.63. The molecule has 4 unspecified atom stereocenters. The minimum Gasteiger partial charge on any atom is -0.363 e. The fraction of sp³-hybridized carbons (Fsp3) is 0.500. The third-order valence-electron chi connectivity index (χ3n) is 5.98. The van der Waals surface area contributed by atoms with Gasteiger partial charge in [0.2, 0.25) is 5.91 Å². The first-order valence-electron chi connectivity index (χ1n) is 9.14. The number of nitrogens with zero attached hydrogens (tertiary/aromatic N) is 2. The Morgan fingerprint density at radius 1 is 1.28 bits per heavy atom. The lowest BCUT2D eigenvalue weighted by Crippen LogP contribution is -2.45. The average Bonchev–Trinajstić information content (AvgIpc) is 3.20. The maximum atomic E-state index is 12.8. The summed E-state index contributed by atoms with van der Waals surface area (Å²) in [6.45, 7) is 0.517. The molecule has 3 N–H and O–H groups in total. The van der Waals surface area contributed by atoms with Crippen LogP contribution in [0.5, 0.6) is 0 Å². The molecule has 4 rings (SSSR count). The minimum absolute atomic E-state index is 0.0137. The van der Waals surface area contributed by atoms with Gasteiger partial charge in [-0.25, -0.2) is 4.98 Å². The molecule has 4 atom stereocenters. The van der Waals surface area contributed by atoms with E-state index < -0.39 is 0 Å². The van der Waals surface area contributed by atoms with Gasteiger partial charge in [-0.15, -0.1) is 0 Å². The summed E-state index contributed by atoms with van der Waals surface area (Å²) in [4.78, 5) is 19.4. The smallest absolute Gasteiger partial charge is 0.225 e. The SMILES string of the molecule is CN(C)c1cc(CNC(=O)C2C3CCC(C3)C2N)c2ccccc2n1. The topological polar surface area (TPSA) is 71.2 Å². The van der Waals surface area contributed by atoms with Crippen molar-refractivity contribution in [2.24, 2.45) is 23.5 Å². The molecule has 1 amide bonds. The van der Waals surface area contributed by atoms with Gasteiger partial charge in [-0.05, 0) is 48.8 Å². The maximum absolute atomic E-state index is 12.8. The maximum Gasteiger partial charge on any atom is 0.225 e. The molecule has 1 aromatic heterocycles. The molecule has 2 saturated carbocycles. The molecule has 2 aromatic rings. The summed E-state index contributed by atoms with van der Waals surface area (Å²) >= 11 is 0. The molecule has 5 heteroatoms. The molecular weight excluding hydrogens is 312 g/mol. The normalized spacial score (nSPS) is 27.6. The Balaban J connectivity index is 1.55. The zero-order valence-corrected chi connectivity index (χ0v) is 14.9. The highest BCUT2D eigenvalue weighted by Crippen LogP contribution is 2.47. The van der Waals surface area contributed by atoms with Gasteiger partial charge in [0.05, 0.1) is 11.4 Å². The number of nitrogens with one attached hydrogen (secondary N) is 1. The van der Waals surface area contributed by atoms with Crippen molar-refractivity contribution in [3.63, 3.8) is 0 Å². The van der Waals surface area contributed by atoms with Crippen molar-refractivity contribution in [3.8, 4) is 0 Å². The molecule has 0 spiro atoms. The summed E-state index contributed by atoms with van der Waals surface area (Å²) in [7, 11) is 3.96. The van der Waals surface area contributed by atoms with Crippen molar-refractivity contribution in [1.82, 2.24) is 10.3 Å².